The van der Waals surface area contributed by atoms with Gasteiger partial charge in [0.1, 0.15) is 11.4 Å². The Labute approximate surface area is 165 Å². The topological polar surface area (TPSA) is 74.9 Å². The van der Waals surface area contributed by atoms with Crippen LogP contribution in [0, 0.1) is 5.92 Å². The maximum atomic E-state index is 13.0. The maximum absolute atomic E-state index is 13.0. The lowest BCUT2D eigenvalue weighted by Crippen LogP contribution is -2.38. The maximum Gasteiger partial charge on any atom is 0.409 e. The molecule has 2 amide bonds. The van der Waals surface area contributed by atoms with E-state index in [1.165, 1.54) is 0 Å². The zero-order valence-electron chi connectivity index (χ0n) is 16.9. The van der Waals surface area contributed by atoms with E-state index in [1.54, 1.807) is 9.80 Å². The minimum atomic E-state index is -0.294. The van der Waals surface area contributed by atoms with Gasteiger partial charge in [0.25, 0.3) is 5.91 Å². The number of H-pyrrole nitrogens is 1. The van der Waals surface area contributed by atoms with Crippen molar-refractivity contribution in [3.05, 3.63) is 30.0 Å². The molecule has 0 radical (unpaired) electrons. The highest BCUT2D eigenvalue weighted by atomic mass is 16.6. The monoisotopic (exact) mass is 387 g/mol. The highest BCUT2D eigenvalue weighted by Gasteiger charge is 2.24. The van der Waals surface area contributed by atoms with Crippen molar-refractivity contribution in [2.75, 3.05) is 39.4 Å². The standard InChI is InChI=1S/C21H29N3O4/c1-4-27-17-7-6-16-12-19(22-18(16)13-17)20(25)23-8-5-9-24(11-10-23)21(26)28-14-15(2)3/h6-7,12-13,15,22H,4-5,8-11,14H2,1-3H3. The van der Waals surface area contributed by atoms with Gasteiger partial charge in [-0.2, -0.15) is 0 Å². The second kappa shape index (κ2) is 8.99. The van der Waals surface area contributed by atoms with E-state index in [1.807, 2.05) is 45.0 Å². The molecule has 1 aliphatic rings. The molecule has 1 aliphatic heterocycles. The zero-order valence-corrected chi connectivity index (χ0v) is 16.9. The largest absolute Gasteiger partial charge is 0.494 e. The van der Waals surface area contributed by atoms with Crippen LogP contribution in [0.1, 0.15) is 37.7 Å². The summed E-state index contributed by atoms with van der Waals surface area (Å²) in [5.41, 5.74) is 1.43. The first-order valence-electron chi connectivity index (χ1n) is 9.94. The molecule has 1 N–H and O–H groups in total. The molecule has 7 nitrogen and oxygen atoms in total. The Morgan fingerprint density at radius 3 is 2.61 bits per heavy atom. The Morgan fingerprint density at radius 2 is 1.86 bits per heavy atom. The van der Waals surface area contributed by atoms with Gasteiger partial charge >= 0.3 is 6.09 Å². The minimum absolute atomic E-state index is 0.0495. The second-order valence-electron chi connectivity index (χ2n) is 7.47. The van der Waals surface area contributed by atoms with Gasteiger partial charge in [0.05, 0.1) is 13.2 Å². The number of nitrogens with zero attached hydrogens (tertiary/aromatic N) is 2. The lowest BCUT2D eigenvalue weighted by molar-refractivity contribution is 0.0742. The average molecular weight is 387 g/mol. The molecule has 1 aromatic heterocycles. The van der Waals surface area contributed by atoms with E-state index in [-0.39, 0.29) is 12.0 Å². The Balaban J connectivity index is 1.64. The van der Waals surface area contributed by atoms with E-state index in [4.69, 9.17) is 9.47 Å². The van der Waals surface area contributed by atoms with Crippen molar-refractivity contribution in [3.63, 3.8) is 0 Å². The third kappa shape index (κ3) is 4.77. The lowest BCUT2D eigenvalue weighted by atomic mass is 10.2. The number of hydrogen-bond donors (Lipinski definition) is 1. The number of fused-ring (bicyclic) bond motifs is 1. The van der Waals surface area contributed by atoms with E-state index in [2.05, 4.69) is 4.98 Å². The predicted octanol–water partition coefficient (Wildman–Crippen LogP) is 3.51. The van der Waals surface area contributed by atoms with Crippen LogP contribution in [0.4, 0.5) is 4.79 Å². The van der Waals surface area contributed by atoms with E-state index in [9.17, 15) is 9.59 Å². The summed E-state index contributed by atoms with van der Waals surface area (Å²) in [6.45, 7) is 9.17. The van der Waals surface area contributed by atoms with Crippen LogP contribution >= 0.6 is 0 Å². The Hall–Kier alpha value is -2.70. The molecule has 0 saturated carbocycles. The fourth-order valence-electron chi connectivity index (χ4n) is 3.28. The first-order chi connectivity index (χ1) is 13.5. The summed E-state index contributed by atoms with van der Waals surface area (Å²) in [6.07, 6.45) is 0.439. The summed E-state index contributed by atoms with van der Waals surface area (Å²) in [7, 11) is 0. The number of nitrogens with one attached hydrogen (secondary N) is 1. The fourth-order valence-corrected chi connectivity index (χ4v) is 3.28. The van der Waals surface area contributed by atoms with Crippen LogP contribution < -0.4 is 4.74 Å². The van der Waals surface area contributed by atoms with Crippen LogP contribution in [0.25, 0.3) is 10.9 Å². The summed E-state index contributed by atoms with van der Waals surface area (Å²) in [6, 6.07) is 7.63. The Morgan fingerprint density at radius 1 is 1.11 bits per heavy atom. The smallest absolute Gasteiger partial charge is 0.409 e. The van der Waals surface area contributed by atoms with Crippen LogP contribution in [0.3, 0.4) is 0 Å². The molecule has 2 heterocycles. The molecule has 0 unspecified atom stereocenters. The Bertz CT molecular complexity index is 830. The molecule has 0 atom stereocenters. The summed E-state index contributed by atoms with van der Waals surface area (Å²) in [5, 5.41) is 0.973. The third-order valence-corrected chi connectivity index (χ3v) is 4.72. The highest BCUT2D eigenvalue weighted by molar-refractivity contribution is 5.98. The van der Waals surface area contributed by atoms with Gasteiger partial charge < -0.3 is 24.3 Å². The SMILES string of the molecule is CCOc1ccc2cc(C(=O)N3CCCN(C(=O)OCC(C)C)CC3)[nH]c2c1. The van der Waals surface area contributed by atoms with Crippen molar-refractivity contribution >= 4 is 22.9 Å². The van der Waals surface area contributed by atoms with E-state index in [0.29, 0.717) is 51.0 Å². The van der Waals surface area contributed by atoms with Crippen molar-refractivity contribution in [1.82, 2.24) is 14.8 Å². The number of amides is 2. The fraction of sp³-hybridized carbons (Fsp3) is 0.524. The minimum Gasteiger partial charge on any atom is -0.494 e. The number of aromatic amines is 1. The molecule has 2 aromatic rings. The van der Waals surface area contributed by atoms with Crippen molar-refractivity contribution in [2.24, 2.45) is 5.92 Å². The summed E-state index contributed by atoms with van der Waals surface area (Å²) >= 11 is 0. The molecule has 3 rings (SSSR count). The van der Waals surface area contributed by atoms with E-state index < -0.39 is 0 Å². The van der Waals surface area contributed by atoms with Gasteiger partial charge in [-0.3, -0.25) is 4.79 Å². The van der Waals surface area contributed by atoms with Crippen LogP contribution in [-0.4, -0.2) is 66.2 Å². The molecule has 1 fully saturated rings. The first-order valence-corrected chi connectivity index (χ1v) is 9.94. The number of rotatable bonds is 5. The van der Waals surface area contributed by atoms with Crippen LogP contribution in [-0.2, 0) is 4.74 Å². The van der Waals surface area contributed by atoms with Gasteiger partial charge in [-0.15, -0.1) is 0 Å². The molecular formula is C21H29N3O4. The summed E-state index contributed by atoms with van der Waals surface area (Å²) < 4.78 is 10.8. The number of carbonyl (C=O) groups is 2. The molecule has 28 heavy (non-hydrogen) atoms. The lowest BCUT2D eigenvalue weighted by Gasteiger charge is -2.22. The second-order valence-corrected chi connectivity index (χ2v) is 7.47. The molecule has 1 saturated heterocycles. The van der Waals surface area contributed by atoms with Crippen LogP contribution in [0.5, 0.6) is 5.75 Å². The number of benzene rings is 1. The van der Waals surface area contributed by atoms with Gasteiger partial charge in [0.15, 0.2) is 0 Å². The predicted molar refractivity (Wildman–Crippen MR) is 108 cm³/mol. The molecule has 7 heteroatoms. The summed E-state index contributed by atoms with van der Waals surface area (Å²) in [5.74, 6) is 1.03. The molecule has 1 aromatic carbocycles. The highest BCUT2D eigenvalue weighted by Crippen LogP contribution is 2.22. The number of hydrogen-bond acceptors (Lipinski definition) is 4. The van der Waals surface area contributed by atoms with Crippen LogP contribution in [0.15, 0.2) is 24.3 Å². The van der Waals surface area contributed by atoms with Gasteiger partial charge in [-0.1, -0.05) is 13.8 Å². The van der Waals surface area contributed by atoms with Crippen molar-refractivity contribution in [1.29, 1.82) is 0 Å². The van der Waals surface area contributed by atoms with Crippen molar-refractivity contribution in [2.45, 2.75) is 27.2 Å². The number of aromatic nitrogens is 1. The van der Waals surface area contributed by atoms with Crippen molar-refractivity contribution < 1.29 is 19.1 Å². The van der Waals surface area contributed by atoms with E-state index >= 15 is 0 Å². The molecular weight excluding hydrogens is 358 g/mol. The number of carbonyl (C=O) groups excluding carboxylic acids is 2. The van der Waals surface area contributed by atoms with Crippen molar-refractivity contribution in [3.8, 4) is 5.75 Å². The molecule has 152 valence electrons. The average Bonchev–Trinajstić information content (AvgIpc) is 2.94. The zero-order chi connectivity index (χ0) is 20.1. The normalized spacial score (nSPS) is 15.0. The number of ether oxygens (including phenoxy) is 2. The van der Waals surface area contributed by atoms with E-state index in [0.717, 1.165) is 23.1 Å². The Kier molecular flexibility index (Phi) is 6.44. The first kappa shape index (κ1) is 20.0. The van der Waals surface area contributed by atoms with Gasteiger partial charge in [0, 0.05) is 43.1 Å². The molecule has 0 aliphatic carbocycles. The quantitative estimate of drug-likeness (QED) is 0.852. The van der Waals surface area contributed by atoms with Gasteiger partial charge in [-0.25, -0.2) is 4.79 Å². The van der Waals surface area contributed by atoms with Crippen LogP contribution in [0.2, 0.25) is 0 Å². The molecule has 0 bridgehead atoms. The van der Waals surface area contributed by atoms with Gasteiger partial charge in [-0.05, 0) is 37.5 Å². The third-order valence-electron chi connectivity index (χ3n) is 4.72. The summed E-state index contributed by atoms with van der Waals surface area (Å²) in [4.78, 5) is 31.8. The molecule has 0 spiro atoms. The van der Waals surface area contributed by atoms with Gasteiger partial charge in [0.2, 0.25) is 0 Å².